The molecule has 1 heterocycles. The van der Waals surface area contributed by atoms with E-state index < -0.39 is 0 Å². The highest BCUT2D eigenvalue weighted by Gasteiger charge is 2.18. The van der Waals surface area contributed by atoms with E-state index in [2.05, 4.69) is 10.6 Å². The zero-order valence-corrected chi connectivity index (χ0v) is 14.8. The van der Waals surface area contributed by atoms with Crippen molar-refractivity contribution >= 4 is 23.2 Å². The Morgan fingerprint density at radius 2 is 1.77 bits per heavy atom. The highest BCUT2D eigenvalue weighted by molar-refractivity contribution is 5.96. The molecule has 6 nitrogen and oxygen atoms in total. The van der Waals surface area contributed by atoms with Crippen LogP contribution in [0.3, 0.4) is 0 Å². The minimum absolute atomic E-state index is 0.00714. The van der Waals surface area contributed by atoms with Gasteiger partial charge in [-0.2, -0.15) is 0 Å². The number of hydrogen-bond acceptors (Lipinski definition) is 4. The molecule has 0 aliphatic carbocycles. The number of nitrogens with one attached hydrogen (secondary N) is 2. The summed E-state index contributed by atoms with van der Waals surface area (Å²) in [6, 6.07) is 14.8. The van der Waals surface area contributed by atoms with E-state index in [1.54, 1.807) is 29.2 Å². The van der Waals surface area contributed by atoms with E-state index in [1.165, 1.54) is 0 Å². The molecule has 1 saturated heterocycles. The Kier molecular flexibility index (Phi) is 5.86. The number of benzene rings is 2. The lowest BCUT2D eigenvalue weighted by Crippen LogP contribution is -2.40. The van der Waals surface area contributed by atoms with Gasteiger partial charge in [0.05, 0.1) is 19.8 Å². The molecule has 136 valence electrons. The predicted octanol–water partition coefficient (Wildman–Crippen LogP) is 2.52. The second-order valence-corrected chi connectivity index (χ2v) is 6.25. The molecule has 1 fully saturated rings. The molecule has 1 aliphatic rings. The van der Waals surface area contributed by atoms with Gasteiger partial charge in [0.15, 0.2) is 0 Å². The van der Waals surface area contributed by atoms with E-state index in [0.717, 1.165) is 11.3 Å². The summed E-state index contributed by atoms with van der Waals surface area (Å²) >= 11 is 0. The average Bonchev–Trinajstić information content (AvgIpc) is 2.67. The van der Waals surface area contributed by atoms with Crippen LogP contribution in [0.5, 0.6) is 0 Å². The van der Waals surface area contributed by atoms with Crippen molar-refractivity contribution in [2.24, 2.45) is 0 Å². The molecule has 26 heavy (non-hydrogen) atoms. The fraction of sp³-hybridized carbons (Fsp3) is 0.300. The summed E-state index contributed by atoms with van der Waals surface area (Å²) in [5, 5.41) is 5.92. The van der Waals surface area contributed by atoms with Gasteiger partial charge < -0.3 is 20.3 Å². The van der Waals surface area contributed by atoms with Crippen molar-refractivity contribution in [2.75, 3.05) is 43.5 Å². The van der Waals surface area contributed by atoms with Gasteiger partial charge in [-0.3, -0.25) is 9.59 Å². The Bertz CT molecular complexity index is 768. The Labute approximate surface area is 153 Å². The van der Waals surface area contributed by atoms with E-state index in [0.29, 0.717) is 37.6 Å². The fourth-order valence-corrected chi connectivity index (χ4v) is 2.79. The van der Waals surface area contributed by atoms with E-state index in [-0.39, 0.29) is 18.4 Å². The number of morpholine rings is 1. The number of carbonyl (C=O) groups excluding carboxylic acids is 2. The van der Waals surface area contributed by atoms with Crippen LogP contribution in [0.4, 0.5) is 11.4 Å². The zero-order valence-electron chi connectivity index (χ0n) is 14.8. The minimum Gasteiger partial charge on any atom is -0.378 e. The molecule has 6 heteroatoms. The van der Waals surface area contributed by atoms with Crippen LogP contribution >= 0.6 is 0 Å². The lowest BCUT2D eigenvalue weighted by molar-refractivity contribution is -0.114. The molecule has 0 bridgehead atoms. The fourth-order valence-electron chi connectivity index (χ4n) is 2.79. The molecule has 2 aromatic rings. The van der Waals surface area contributed by atoms with E-state index in [1.807, 2.05) is 31.2 Å². The van der Waals surface area contributed by atoms with Gasteiger partial charge in [-0.05, 0) is 48.9 Å². The summed E-state index contributed by atoms with van der Waals surface area (Å²) in [6.07, 6.45) is 0. The van der Waals surface area contributed by atoms with Crippen molar-refractivity contribution < 1.29 is 14.3 Å². The number of nitrogens with zero attached hydrogens (tertiary/aromatic N) is 1. The monoisotopic (exact) mass is 353 g/mol. The van der Waals surface area contributed by atoms with Crippen LogP contribution in [0.15, 0.2) is 48.5 Å². The maximum absolute atomic E-state index is 12.4. The average molecular weight is 353 g/mol. The van der Waals surface area contributed by atoms with Gasteiger partial charge in [-0.25, -0.2) is 0 Å². The van der Waals surface area contributed by atoms with Crippen molar-refractivity contribution in [1.29, 1.82) is 0 Å². The Balaban J connectivity index is 1.51. The molecule has 2 aromatic carbocycles. The largest absolute Gasteiger partial charge is 0.378 e. The van der Waals surface area contributed by atoms with Crippen molar-refractivity contribution in [3.05, 3.63) is 59.7 Å². The number of amides is 2. The first-order valence-corrected chi connectivity index (χ1v) is 8.69. The normalized spacial score (nSPS) is 14.0. The van der Waals surface area contributed by atoms with Gasteiger partial charge in [0.2, 0.25) is 5.91 Å². The van der Waals surface area contributed by atoms with Crippen molar-refractivity contribution in [3.63, 3.8) is 0 Å². The third-order valence-electron chi connectivity index (χ3n) is 4.19. The lowest BCUT2D eigenvalue weighted by Gasteiger charge is -2.26. The van der Waals surface area contributed by atoms with Crippen LogP contribution in [0, 0.1) is 6.92 Å². The molecule has 0 atom stereocenters. The molecule has 2 amide bonds. The van der Waals surface area contributed by atoms with Gasteiger partial charge in [0, 0.05) is 30.0 Å². The summed E-state index contributed by atoms with van der Waals surface area (Å²) in [5.41, 5.74) is 3.32. The number of anilines is 2. The SMILES string of the molecule is Cc1cccc(NCC(=O)Nc2ccc(C(=O)N3CCOCC3)cc2)c1. The summed E-state index contributed by atoms with van der Waals surface area (Å²) in [5.74, 6) is -0.147. The molecule has 3 rings (SSSR count). The maximum atomic E-state index is 12.4. The Morgan fingerprint density at radius 3 is 2.46 bits per heavy atom. The smallest absolute Gasteiger partial charge is 0.254 e. The van der Waals surface area contributed by atoms with Crippen LogP contribution in [-0.2, 0) is 9.53 Å². The van der Waals surface area contributed by atoms with E-state index in [4.69, 9.17) is 4.74 Å². The number of ether oxygens (including phenoxy) is 1. The summed E-state index contributed by atoms with van der Waals surface area (Å²) < 4.78 is 5.26. The van der Waals surface area contributed by atoms with Crippen LogP contribution in [0.1, 0.15) is 15.9 Å². The highest BCUT2D eigenvalue weighted by atomic mass is 16.5. The predicted molar refractivity (Wildman–Crippen MR) is 101 cm³/mol. The number of carbonyl (C=O) groups is 2. The van der Waals surface area contributed by atoms with Gasteiger partial charge in [0.25, 0.3) is 5.91 Å². The molecule has 0 aromatic heterocycles. The van der Waals surface area contributed by atoms with E-state index in [9.17, 15) is 9.59 Å². The number of rotatable bonds is 5. The van der Waals surface area contributed by atoms with Gasteiger partial charge in [0.1, 0.15) is 0 Å². The quantitative estimate of drug-likeness (QED) is 0.867. The second kappa shape index (κ2) is 8.49. The molecule has 0 radical (unpaired) electrons. The zero-order chi connectivity index (χ0) is 18.4. The van der Waals surface area contributed by atoms with Crippen LogP contribution in [-0.4, -0.2) is 49.6 Å². The van der Waals surface area contributed by atoms with Crippen LogP contribution in [0.2, 0.25) is 0 Å². The molecule has 0 unspecified atom stereocenters. The number of hydrogen-bond donors (Lipinski definition) is 2. The summed E-state index contributed by atoms with van der Waals surface area (Å²) in [4.78, 5) is 26.2. The first-order valence-electron chi connectivity index (χ1n) is 8.69. The first-order chi connectivity index (χ1) is 12.6. The number of aryl methyl sites for hydroxylation is 1. The summed E-state index contributed by atoms with van der Waals surface area (Å²) in [7, 11) is 0. The van der Waals surface area contributed by atoms with Crippen molar-refractivity contribution in [2.45, 2.75) is 6.92 Å². The van der Waals surface area contributed by atoms with Gasteiger partial charge in [-0.15, -0.1) is 0 Å². The highest BCUT2D eigenvalue weighted by Crippen LogP contribution is 2.13. The molecule has 0 saturated carbocycles. The maximum Gasteiger partial charge on any atom is 0.254 e. The Hall–Kier alpha value is -2.86. The molecule has 2 N–H and O–H groups in total. The molecule has 0 spiro atoms. The third kappa shape index (κ3) is 4.83. The summed E-state index contributed by atoms with van der Waals surface area (Å²) in [6.45, 7) is 4.56. The van der Waals surface area contributed by atoms with Crippen LogP contribution < -0.4 is 10.6 Å². The van der Waals surface area contributed by atoms with Crippen molar-refractivity contribution in [3.8, 4) is 0 Å². The van der Waals surface area contributed by atoms with Gasteiger partial charge in [-0.1, -0.05) is 12.1 Å². The Morgan fingerprint density at radius 1 is 1.04 bits per heavy atom. The van der Waals surface area contributed by atoms with Crippen molar-refractivity contribution in [1.82, 2.24) is 4.90 Å². The molecule has 1 aliphatic heterocycles. The standard InChI is InChI=1S/C20H23N3O3/c1-15-3-2-4-18(13-15)21-14-19(24)22-17-7-5-16(6-8-17)20(25)23-9-11-26-12-10-23/h2-8,13,21H,9-12,14H2,1H3,(H,22,24). The van der Waals surface area contributed by atoms with Gasteiger partial charge >= 0.3 is 0 Å². The topological polar surface area (TPSA) is 70.7 Å². The minimum atomic E-state index is -0.140. The third-order valence-corrected chi connectivity index (χ3v) is 4.19. The molecular weight excluding hydrogens is 330 g/mol. The van der Waals surface area contributed by atoms with E-state index >= 15 is 0 Å². The second-order valence-electron chi connectivity index (χ2n) is 6.25. The van der Waals surface area contributed by atoms with Crippen LogP contribution in [0.25, 0.3) is 0 Å². The first kappa shape index (κ1) is 17.9. The molecular formula is C20H23N3O3. The lowest BCUT2D eigenvalue weighted by atomic mass is 10.1.